The second kappa shape index (κ2) is 5.92. The number of nitrogens with zero attached hydrogens (tertiary/aromatic N) is 2. The molecule has 5 aromatic rings. The molecule has 0 bridgehead atoms. The summed E-state index contributed by atoms with van der Waals surface area (Å²) in [5.41, 5.74) is 5.28. The summed E-state index contributed by atoms with van der Waals surface area (Å²) < 4.78 is 5.98. The molecule has 0 saturated carbocycles. The van der Waals surface area contributed by atoms with Crippen molar-refractivity contribution in [2.45, 2.75) is 0 Å². The monoisotopic (exact) mass is 316 g/mol. The first kappa shape index (κ1) is 14.6. The van der Waals surface area contributed by atoms with Gasteiger partial charge in [-0.15, -0.1) is 0 Å². The molecular formula is C18H13BN2O3. The molecule has 0 spiro atoms. The van der Waals surface area contributed by atoms with Crippen molar-refractivity contribution in [3.05, 3.63) is 60.7 Å². The molecule has 0 aliphatic heterocycles. The van der Waals surface area contributed by atoms with E-state index in [2.05, 4.69) is 11.1 Å². The second-order valence-electron chi connectivity index (χ2n) is 5.26. The van der Waals surface area contributed by atoms with E-state index in [4.69, 9.17) is 19.4 Å². The van der Waals surface area contributed by atoms with E-state index in [1.807, 2.05) is 54.6 Å². The highest BCUT2D eigenvalue weighted by Crippen LogP contribution is 2.32. The zero-order valence-corrected chi connectivity index (χ0v) is 12.7. The Morgan fingerprint density at radius 1 is 0.708 bits per heavy atom. The van der Waals surface area contributed by atoms with Crippen LogP contribution < -0.4 is 0 Å². The lowest BCUT2D eigenvalue weighted by Gasteiger charge is -2.02. The molecule has 0 fully saturated rings. The molecule has 6 heteroatoms. The zero-order chi connectivity index (χ0) is 16.5. The maximum atomic E-state index is 7.12. The van der Waals surface area contributed by atoms with Crippen LogP contribution in [0.1, 0.15) is 0 Å². The smallest absolute Gasteiger partial charge is 0.432 e. The molecule has 0 aliphatic carbocycles. The van der Waals surface area contributed by atoms with Gasteiger partial charge in [0.2, 0.25) is 0 Å². The molecule has 2 heterocycles. The van der Waals surface area contributed by atoms with Crippen LogP contribution in [0.3, 0.4) is 0 Å². The molecule has 24 heavy (non-hydrogen) atoms. The van der Waals surface area contributed by atoms with Gasteiger partial charge in [-0.1, -0.05) is 30.3 Å². The number of fused-ring (bicyclic) bond motifs is 6. The molecule has 0 unspecified atom stereocenters. The molecular weight excluding hydrogens is 303 g/mol. The van der Waals surface area contributed by atoms with Crippen molar-refractivity contribution in [2.75, 3.05) is 0 Å². The Bertz CT molecular complexity index is 1170. The molecule has 5 rings (SSSR count). The van der Waals surface area contributed by atoms with E-state index >= 15 is 0 Å². The van der Waals surface area contributed by atoms with Crippen LogP contribution in [0.25, 0.3) is 44.0 Å². The van der Waals surface area contributed by atoms with E-state index in [1.54, 1.807) is 0 Å². The lowest BCUT2D eigenvalue weighted by molar-refractivity contribution is 0.448. The van der Waals surface area contributed by atoms with E-state index in [1.165, 1.54) is 0 Å². The minimum atomic E-state index is -0.750. The van der Waals surface area contributed by atoms with Crippen LogP contribution in [0.15, 0.2) is 65.1 Å². The van der Waals surface area contributed by atoms with Gasteiger partial charge in [0.05, 0.1) is 11.0 Å². The number of benzene rings is 3. The number of para-hydroxylation sites is 3. The number of rotatable bonds is 0. The second-order valence-corrected chi connectivity index (χ2v) is 5.26. The Labute approximate surface area is 137 Å². The largest absolute Gasteiger partial charge is 0.453 e. The first-order chi connectivity index (χ1) is 11.8. The maximum Gasteiger partial charge on any atom is 0.432 e. The van der Waals surface area contributed by atoms with Crippen LogP contribution in [0.5, 0.6) is 0 Å². The summed E-state index contributed by atoms with van der Waals surface area (Å²) in [6.07, 6.45) is 0. The highest BCUT2D eigenvalue weighted by Gasteiger charge is 2.12. The summed E-state index contributed by atoms with van der Waals surface area (Å²) in [7, 11) is -0.750. The third kappa shape index (κ3) is 2.29. The Balaban J connectivity index is 0.000000455. The van der Waals surface area contributed by atoms with Crippen LogP contribution >= 0.6 is 0 Å². The van der Waals surface area contributed by atoms with Crippen LogP contribution in [-0.4, -0.2) is 27.7 Å². The lowest BCUT2D eigenvalue weighted by atomic mass is 10.1. The SMILES string of the molecule is OBO.c1ccc2oc3ccc4nc5ccccc5c4c3nc2c1. The van der Waals surface area contributed by atoms with Gasteiger partial charge in [0.15, 0.2) is 11.2 Å². The van der Waals surface area contributed by atoms with E-state index in [9.17, 15) is 0 Å². The zero-order valence-electron chi connectivity index (χ0n) is 12.7. The van der Waals surface area contributed by atoms with Gasteiger partial charge in [-0.05, 0) is 30.3 Å². The average Bonchev–Trinajstić information content (AvgIpc) is 3.00. The van der Waals surface area contributed by atoms with Gasteiger partial charge in [-0.25, -0.2) is 9.97 Å². The summed E-state index contributed by atoms with van der Waals surface area (Å²) in [6, 6.07) is 19.9. The van der Waals surface area contributed by atoms with Crippen molar-refractivity contribution in [2.24, 2.45) is 0 Å². The summed E-state index contributed by atoms with van der Waals surface area (Å²) in [5, 5.41) is 16.4. The van der Waals surface area contributed by atoms with Crippen LogP contribution in [0.4, 0.5) is 0 Å². The Hall–Kier alpha value is -2.96. The van der Waals surface area contributed by atoms with Crippen LogP contribution in [0.2, 0.25) is 0 Å². The topological polar surface area (TPSA) is 79.4 Å². The van der Waals surface area contributed by atoms with Crippen molar-refractivity contribution in [1.29, 1.82) is 0 Å². The molecule has 2 N–H and O–H groups in total. The maximum absolute atomic E-state index is 7.12. The van der Waals surface area contributed by atoms with Gasteiger partial charge in [0, 0.05) is 10.8 Å². The van der Waals surface area contributed by atoms with Gasteiger partial charge >= 0.3 is 7.69 Å². The quantitative estimate of drug-likeness (QED) is 0.339. The van der Waals surface area contributed by atoms with Crippen LogP contribution in [0, 0.1) is 0 Å². The fourth-order valence-electron chi connectivity index (χ4n) is 2.90. The molecule has 0 aliphatic rings. The van der Waals surface area contributed by atoms with Gasteiger partial charge in [-0.2, -0.15) is 0 Å². The van der Waals surface area contributed by atoms with Crippen LogP contribution in [-0.2, 0) is 0 Å². The van der Waals surface area contributed by atoms with E-state index < -0.39 is 7.69 Å². The Morgan fingerprint density at radius 2 is 1.42 bits per heavy atom. The average molecular weight is 316 g/mol. The van der Waals surface area contributed by atoms with Gasteiger partial charge < -0.3 is 14.5 Å². The normalized spacial score (nSPS) is 10.9. The van der Waals surface area contributed by atoms with E-state index in [-0.39, 0.29) is 0 Å². The highest BCUT2D eigenvalue weighted by molar-refractivity contribution is 6.18. The van der Waals surface area contributed by atoms with Gasteiger partial charge in [0.1, 0.15) is 11.0 Å². The van der Waals surface area contributed by atoms with Gasteiger partial charge in [-0.3, -0.25) is 0 Å². The molecule has 0 amide bonds. The fraction of sp³-hybridized carbons (Fsp3) is 0. The molecule has 5 nitrogen and oxygen atoms in total. The number of hydrogen-bond donors (Lipinski definition) is 2. The summed E-state index contributed by atoms with van der Waals surface area (Å²) in [4.78, 5) is 9.46. The fourth-order valence-corrected chi connectivity index (χ4v) is 2.90. The van der Waals surface area contributed by atoms with Crippen molar-refractivity contribution in [3.8, 4) is 0 Å². The highest BCUT2D eigenvalue weighted by atomic mass is 16.4. The summed E-state index contributed by atoms with van der Waals surface area (Å²) in [6.45, 7) is 0. The molecule has 0 atom stereocenters. The molecule has 116 valence electrons. The first-order valence-corrected chi connectivity index (χ1v) is 7.50. The minimum Gasteiger partial charge on any atom is -0.453 e. The Kier molecular flexibility index (Phi) is 3.61. The predicted octanol–water partition coefficient (Wildman–Crippen LogP) is 2.92. The third-order valence-electron chi connectivity index (χ3n) is 3.85. The Morgan fingerprint density at radius 3 is 2.25 bits per heavy atom. The van der Waals surface area contributed by atoms with Crippen molar-refractivity contribution >= 4 is 51.7 Å². The molecule has 0 radical (unpaired) electrons. The van der Waals surface area contributed by atoms with E-state index in [0.717, 1.165) is 44.0 Å². The molecule has 3 aromatic carbocycles. The minimum absolute atomic E-state index is 0.750. The summed E-state index contributed by atoms with van der Waals surface area (Å²) >= 11 is 0. The first-order valence-electron chi connectivity index (χ1n) is 7.50. The number of hydrogen-bond acceptors (Lipinski definition) is 5. The third-order valence-corrected chi connectivity index (χ3v) is 3.85. The predicted molar refractivity (Wildman–Crippen MR) is 95.9 cm³/mol. The lowest BCUT2D eigenvalue weighted by Crippen LogP contribution is -1.83. The van der Waals surface area contributed by atoms with Crippen molar-refractivity contribution in [1.82, 2.24) is 9.97 Å². The molecule has 0 saturated heterocycles. The van der Waals surface area contributed by atoms with Crippen molar-refractivity contribution in [3.63, 3.8) is 0 Å². The summed E-state index contributed by atoms with van der Waals surface area (Å²) in [5.74, 6) is 0. The molecule has 2 aromatic heterocycles. The standard InChI is InChI=1S/C18H10N2O.BH3O2/c1-2-6-12-11(5-1)17-14(19-12)9-10-16-18(17)20-13-7-3-4-8-15(13)21-16;2-1-3/h1-10H;1-3H. The number of aromatic nitrogens is 2. The van der Waals surface area contributed by atoms with E-state index in [0.29, 0.717) is 0 Å². The van der Waals surface area contributed by atoms with Gasteiger partial charge in [0.25, 0.3) is 0 Å². The van der Waals surface area contributed by atoms with Crippen molar-refractivity contribution < 1.29 is 14.5 Å².